The van der Waals surface area contributed by atoms with Gasteiger partial charge in [-0.05, 0) is 43.8 Å². The Morgan fingerprint density at radius 3 is 2.97 bits per heavy atom. The number of H-pyrrole nitrogens is 1. The maximum absolute atomic E-state index is 9.65. The first-order valence-corrected chi connectivity index (χ1v) is 11.7. The van der Waals surface area contributed by atoms with Crippen LogP contribution in [0.25, 0.3) is 34.2 Å². The number of nitrogens with one attached hydrogen (secondary N) is 1. The largest absolute Gasteiger partial charge is 0.473 e. The normalized spacial score (nSPS) is 17.0. The van der Waals surface area contributed by atoms with Gasteiger partial charge in [0.1, 0.15) is 12.2 Å². The molecule has 36 heavy (non-hydrogen) atoms. The van der Waals surface area contributed by atoms with Crippen LogP contribution in [-0.2, 0) is 20.1 Å². The molecule has 0 spiro atoms. The summed E-state index contributed by atoms with van der Waals surface area (Å²) in [4.78, 5) is 2.13. The van der Waals surface area contributed by atoms with E-state index in [0.29, 0.717) is 31.4 Å². The Hall–Kier alpha value is -4.14. The maximum Gasteiger partial charge on any atom is 0.241 e. The number of aromatic amines is 1. The number of nitrogens with zero attached hydrogens (tertiary/aromatic N) is 7. The van der Waals surface area contributed by atoms with Crippen molar-refractivity contribution < 1.29 is 14.6 Å². The highest BCUT2D eigenvalue weighted by atomic mass is 16.5. The first kappa shape index (κ1) is 23.6. The predicted octanol–water partition coefficient (Wildman–Crippen LogP) is 2.44. The minimum Gasteiger partial charge on any atom is -0.473 e. The Balaban J connectivity index is 1.68. The number of nitriles is 1. The molecule has 2 N–H and O–H groups in total. The van der Waals surface area contributed by atoms with Gasteiger partial charge < -0.3 is 14.6 Å². The second kappa shape index (κ2) is 9.85. The van der Waals surface area contributed by atoms with Crippen LogP contribution >= 0.6 is 0 Å². The molecule has 1 aromatic carbocycles. The number of hydrogen-bond donors (Lipinski definition) is 2. The molecule has 186 valence electrons. The standard InChI is InChI=1S/C25H28N8O3/c1-16-14-31(2)15-23-18(24(35-11-8-26)30-33(23)9-10-34)5-7-22-19-12-17(4-6-21(19)28-29-22)20-13-27-32(3)25(20)36-16/h4-7,12-13,16,34H,9-11,14-15H2,1-3H3,(H,28,29)/b7-5+. The van der Waals surface area contributed by atoms with Crippen LogP contribution in [0.3, 0.4) is 0 Å². The fraction of sp³-hybridized carbons (Fsp3) is 0.360. The van der Waals surface area contributed by atoms with Gasteiger partial charge in [0.05, 0.1) is 47.4 Å². The zero-order chi connectivity index (χ0) is 25.2. The van der Waals surface area contributed by atoms with Gasteiger partial charge in [-0.25, -0.2) is 4.68 Å². The van der Waals surface area contributed by atoms with E-state index in [4.69, 9.17) is 14.7 Å². The molecule has 4 aromatic rings. The third kappa shape index (κ3) is 4.44. The highest BCUT2D eigenvalue weighted by molar-refractivity contribution is 5.93. The van der Waals surface area contributed by atoms with Gasteiger partial charge in [-0.3, -0.25) is 14.7 Å². The minimum absolute atomic E-state index is 0.0734. The molecule has 0 saturated heterocycles. The van der Waals surface area contributed by atoms with Crippen molar-refractivity contribution in [1.29, 1.82) is 5.26 Å². The quantitative estimate of drug-likeness (QED) is 0.448. The van der Waals surface area contributed by atoms with Crippen molar-refractivity contribution in [3.63, 3.8) is 0 Å². The van der Waals surface area contributed by atoms with Crippen molar-refractivity contribution >= 4 is 23.1 Å². The van der Waals surface area contributed by atoms with E-state index in [9.17, 15) is 5.11 Å². The highest BCUT2D eigenvalue weighted by Gasteiger charge is 2.22. The summed E-state index contributed by atoms with van der Waals surface area (Å²) in [6.45, 7) is 3.29. The molecule has 1 aliphatic heterocycles. The number of ether oxygens (including phenoxy) is 2. The third-order valence-electron chi connectivity index (χ3n) is 6.15. The van der Waals surface area contributed by atoms with Gasteiger partial charge in [-0.15, -0.1) is 5.10 Å². The summed E-state index contributed by atoms with van der Waals surface area (Å²) < 4.78 is 15.5. The molecule has 11 heteroatoms. The number of fused-ring (bicyclic) bond motifs is 4. The Kier molecular flexibility index (Phi) is 6.45. The lowest BCUT2D eigenvalue weighted by Crippen LogP contribution is -2.32. The average Bonchev–Trinajstić information content (AvgIpc) is 3.52. The molecule has 0 saturated carbocycles. The molecular formula is C25H28N8O3. The number of aryl methyl sites for hydroxylation is 1. The van der Waals surface area contributed by atoms with E-state index in [1.54, 1.807) is 9.36 Å². The first-order chi connectivity index (χ1) is 17.5. The Morgan fingerprint density at radius 2 is 2.17 bits per heavy atom. The fourth-order valence-electron chi connectivity index (χ4n) is 4.55. The second-order valence-corrected chi connectivity index (χ2v) is 8.87. The van der Waals surface area contributed by atoms with Crippen molar-refractivity contribution in [3.05, 3.63) is 41.3 Å². The molecule has 11 nitrogen and oxygen atoms in total. The lowest BCUT2D eigenvalue weighted by molar-refractivity contribution is 0.146. The summed E-state index contributed by atoms with van der Waals surface area (Å²) >= 11 is 0. The summed E-state index contributed by atoms with van der Waals surface area (Å²) in [7, 11) is 3.87. The zero-order valence-corrected chi connectivity index (χ0v) is 20.5. The average molecular weight is 489 g/mol. The lowest BCUT2D eigenvalue weighted by atomic mass is 10.1. The topological polar surface area (TPSA) is 130 Å². The van der Waals surface area contributed by atoms with Gasteiger partial charge in [0.15, 0.2) is 6.61 Å². The van der Waals surface area contributed by atoms with Gasteiger partial charge in [-0.1, -0.05) is 6.07 Å². The van der Waals surface area contributed by atoms with Crippen LogP contribution in [-0.4, -0.2) is 72.7 Å². The molecule has 0 aliphatic carbocycles. The monoisotopic (exact) mass is 488 g/mol. The van der Waals surface area contributed by atoms with Crippen LogP contribution in [0.4, 0.5) is 0 Å². The third-order valence-corrected chi connectivity index (χ3v) is 6.15. The van der Waals surface area contributed by atoms with Gasteiger partial charge in [0, 0.05) is 25.5 Å². The Bertz CT molecular complexity index is 1460. The molecule has 5 rings (SSSR count). The molecule has 4 heterocycles. The van der Waals surface area contributed by atoms with Crippen molar-refractivity contribution in [2.75, 3.05) is 26.8 Å². The van der Waals surface area contributed by atoms with E-state index in [0.717, 1.165) is 39.0 Å². The van der Waals surface area contributed by atoms with Crippen LogP contribution in [0.5, 0.6) is 11.8 Å². The molecule has 2 bridgehead atoms. The van der Waals surface area contributed by atoms with Gasteiger partial charge in [0.2, 0.25) is 11.8 Å². The van der Waals surface area contributed by atoms with E-state index < -0.39 is 0 Å². The molecule has 1 unspecified atom stereocenters. The van der Waals surface area contributed by atoms with Gasteiger partial charge >= 0.3 is 0 Å². The van der Waals surface area contributed by atoms with Crippen LogP contribution in [0.1, 0.15) is 23.9 Å². The summed E-state index contributed by atoms with van der Waals surface area (Å²) in [6, 6.07) is 8.06. The highest BCUT2D eigenvalue weighted by Crippen LogP contribution is 2.34. The number of rotatable bonds is 4. The second-order valence-electron chi connectivity index (χ2n) is 8.87. The summed E-state index contributed by atoms with van der Waals surface area (Å²) in [5, 5.41) is 36.2. The Labute approximate surface area is 208 Å². The predicted molar refractivity (Wildman–Crippen MR) is 134 cm³/mol. The summed E-state index contributed by atoms with van der Waals surface area (Å²) in [5.74, 6) is 1.05. The fourth-order valence-corrected chi connectivity index (χ4v) is 4.55. The number of aliphatic hydroxyl groups excluding tert-OH is 1. The van der Waals surface area contributed by atoms with Crippen LogP contribution in [0.2, 0.25) is 0 Å². The first-order valence-electron chi connectivity index (χ1n) is 11.7. The molecular weight excluding hydrogens is 460 g/mol. The number of hydrogen-bond acceptors (Lipinski definition) is 8. The van der Waals surface area contributed by atoms with Gasteiger partial charge in [0.25, 0.3) is 0 Å². The minimum atomic E-state index is -0.134. The molecule has 1 atom stereocenters. The van der Waals surface area contributed by atoms with Crippen molar-refractivity contribution in [3.8, 4) is 29.0 Å². The lowest BCUT2D eigenvalue weighted by Gasteiger charge is -2.23. The van der Waals surface area contributed by atoms with E-state index in [1.807, 2.05) is 57.6 Å². The van der Waals surface area contributed by atoms with E-state index in [1.165, 1.54) is 0 Å². The zero-order valence-electron chi connectivity index (χ0n) is 20.5. The number of benzene rings is 1. The van der Waals surface area contributed by atoms with E-state index in [-0.39, 0.29) is 19.3 Å². The molecule has 0 radical (unpaired) electrons. The van der Waals surface area contributed by atoms with Crippen molar-refractivity contribution in [2.45, 2.75) is 26.1 Å². The number of aliphatic hydroxyl groups is 1. The smallest absolute Gasteiger partial charge is 0.241 e. The van der Waals surface area contributed by atoms with Crippen LogP contribution in [0.15, 0.2) is 24.4 Å². The molecule has 0 amide bonds. The molecule has 3 aromatic heterocycles. The SMILES string of the molecule is CC1CN(C)Cc2c(c(OCC#N)nn2CCO)/C=C/c2[nH]nc3ccc(cc23)-c2cnn(C)c2O1. The van der Waals surface area contributed by atoms with Crippen LogP contribution < -0.4 is 9.47 Å². The van der Waals surface area contributed by atoms with E-state index in [2.05, 4.69) is 31.4 Å². The molecule has 0 fully saturated rings. The van der Waals surface area contributed by atoms with E-state index >= 15 is 0 Å². The summed E-state index contributed by atoms with van der Waals surface area (Å²) in [6.07, 6.45) is 5.54. The molecule has 1 aliphatic rings. The number of likely N-dealkylation sites (N-methyl/N-ethyl adjacent to an activating group) is 1. The van der Waals surface area contributed by atoms with Gasteiger partial charge in [-0.2, -0.15) is 15.5 Å². The summed E-state index contributed by atoms with van der Waals surface area (Å²) in [5.41, 5.74) is 5.16. The van der Waals surface area contributed by atoms with Crippen LogP contribution in [0, 0.1) is 11.3 Å². The van der Waals surface area contributed by atoms with Crippen molar-refractivity contribution in [2.24, 2.45) is 7.05 Å². The Morgan fingerprint density at radius 1 is 1.31 bits per heavy atom. The van der Waals surface area contributed by atoms with Crippen molar-refractivity contribution in [1.82, 2.24) is 34.7 Å². The maximum atomic E-state index is 9.65. The number of aromatic nitrogens is 6.